The Morgan fingerprint density at radius 1 is 1.07 bits per heavy atom. The quantitative estimate of drug-likeness (QED) is 0.729. The van der Waals surface area contributed by atoms with Crippen LogP contribution in [0.5, 0.6) is 0 Å². The van der Waals surface area contributed by atoms with Gasteiger partial charge >= 0.3 is 0 Å². The predicted molar refractivity (Wildman–Crippen MR) is 60.4 cm³/mol. The molecule has 0 atom stereocenters. The summed E-state index contributed by atoms with van der Waals surface area (Å²) in [7, 11) is 0. The van der Waals surface area contributed by atoms with Gasteiger partial charge in [-0.15, -0.1) is 0 Å². The number of carbonyl (C=O) groups is 1. The Hall–Kier alpha value is -0.570. The Kier molecular flexibility index (Phi) is 2.75. The van der Waals surface area contributed by atoms with E-state index >= 15 is 0 Å². The second kappa shape index (κ2) is 3.78. The molecule has 15 heavy (non-hydrogen) atoms. The molecule has 0 aromatic carbocycles. The fraction of sp³-hybridized carbons (Fsp3) is 0.917. The molecular formula is C12H22N2O. The maximum Gasteiger partial charge on any atom is 0.240 e. The van der Waals surface area contributed by atoms with E-state index in [1.165, 1.54) is 12.8 Å². The van der Waals surface area contributed by atoms with Gasteiger partial charge in [-0.05, 0) is 32.6 Å². The fourth-order valence-electron chi connectivity index (χ4n) is 2.91. The van der Waals surface area contributed by atoms with Crippen LogP contribution in [-0.4, -0.2) is 17.0 Å². The van der Waals surface area contributed by atoms with Gasteiger partial charge in [0.25, 0.3) is 0 Å². The van der Waals surface area contributed by atoms with Crippen molar-refractivity contribution in [3.63, 3.8) is 0 Å². The summed E-state index contributed by atoms with van der Waals surface area (Å²) in [6.07, 6.45) is 8.58. The van der Waals surface area contributed by atoms with Crippen LogP contribution in [0.4, 0.5) is 0 Å². The topological polar surface area (TPSA) is 55.1 Å². The predicted octanol–water partition coefficient (Wildman–Crippen LogP) is 1.71. The molecule has 0 aromatic rings. The minimum atomic E-state index is -0.564. The first-order chi connectivity index (χ1) is 7.04. The Bertz CT molecular complexity index is 250. The number of amides is 1. The molecule has 2 aliphatic carbocycles. The number of hydrogen-bond acceptors (Lipinski definition) is 2. The number of nitrogens with one attached hydrogen (secondary N) is 1. The van der Waals surface area contributed by atoms with E-state index in [4.69, 9.17) is 5.73 Å². The number of nitrogens with two attached hydrogens (primary N) is 1. The van der Waals surface area contributed by atoms with Gasteiger partial charge in [0.05, 0.1) is 5.54 Å². The van der Waals surface area contributed by atoms with Crippen LogP contribution in [0.2, 0.25) is 0 Å². The normalized spacial score (nSPS) is 27.9. The highest BCUT2D eigenvalue weighted by Gasteiger charge is 2.40. The first-order valence-electron chi connectivity index (χ1n) is 6.16. The molecule has 3 N–H and O–H groups in total. The summed E-state index contributed by atoms with van der Waals surface area (Å²) in [4.78, 5) is 12.1. The fourth-order valence-corrected chi connectivity index (χ4v) is 2.91. The molecular weight excluding hydrogens is 188 g/mol. The van der Waals surface area contributed by atoms with Crippen molar-refractivity contribution in [2.24, 2.45) is 5.73 Å². The van der Waals surface area contributed by atoms with E-state index in [9.17, 15) is 4.79 Å². The Labute approximate surface area is 91.8 Å². The molecule has 2 saturated carbocycles. The maximum absolute atomic E-state index is 12.1. The van der Waals surface area contributed by atoms with Gasteiger partial charge in [0.1, 0.15) is 0 Å². The molecule has 2 aliphatic rings. The van der Waals surface area contributed by atoms with Gasteiger partial charge in [-0.25, -0.2) is 0 Å². The zero-order valence-electron chi connectivity index (χ0n) is 9.64. The second-order valence-corrected chi connectivity index (χ2v) is 5.59. The van der Waals surface area contributed by atoms with Crippen molar-refractivity contribution in [1.82, 2.24) is 5.32 Å². The van der Waals surface area contributed by atoms with Gasteiger partial charge in [0.15, 0.2) is 0 Å². The molecule has 3 nitrogen and oxygen atoms in total. The van der Waals surface area contributed by atoms with E-state index < -0.39 is 5.54 Å². The van der Waals surface area contributed by atoms with Gasteiger partial charge in [-0.3, -0.25) is 4.79 Å². The summed E-state index contributed by atoms with van der Waals surface area (Å²) in [5.41, 5.74) is 5.58. The maximum atomic E-state index is 12.1. The van der Waals surface area contributed by atoms with Crippen molar-refractivity contribution < 1.29 is 4.79 Å². The zero-order chi connectivity index (χ0) is 10.9. The summed E-state index contributed by atoms with van der Waals surface area (Å²) in [5.74, 6) is 0.0874. The summed E-state index contributed by atoms with van der Waals surface area (Å²) in [6, 6.07) is 0. The Balaban J connectivity index is 1.96. The lowest BCUT2D eigenvalue weighted by Gasteiger charge is -2.31. The molecule has 0 spiro atoms. The molecule has 0 unspecified atom stereocenters. The smallest absolute Gasteiger partial charge is 0.240 e. The van der Waals surface area contributed by atoms with E-state index in [0.717, 1.165) is 38.5 Å². The molecule has 0 radical (unpaired) electrons. The zero-order valence-corrected chi connectivity index (χ0v) is 9.64. The molecule has 86 valence electrons. The van der Waals surface area contributed by atoms with Crippen molar-refractivity contribution >= 4 is 5.91 Å². The molecule has 3 heteroatoms. The van der Waals surface area contributed by atoms with Crippen LogP contribution in [0.25, 0.3) is 0 Å². The average Bonchev–Trinajstić information content (AvgIpc) is 2.76. The van der Waals surface area contributed by atoms with E-state index in [1.807, 2.05) is 0 Å². The third kappa shape index (κ3) is 2.17. The molecule has 0 aliphatic heterocycles. The van der Waals surface area contributed by atoms with E-state index in [-0.39, 0.29) is 11.4 Å². The third-order valence-electron chi connectivity index (χ3n) is 4.07. The molecule has 0 aromatic heterocycles. The number of rotatable bonds is 2. The first kappa shape index (κ1) is 10.9. The highest BCUT2D eigenvalue weighted by molar-refractivity contribution is 5.87. The van der Waals surface area contributed by atoms with Gasteiger partial charge in [0.2, 0.25) is 5.91 Å². The summed E-state index contributed by atoms with van der Waals surface area (Å²) >= 11 is 0. The molecule has 2 fully saturated rings. The van der Waals surface area contributed by atoms with E-state index in [2.05, 4.69) is 12.2 Å². The Morgan fingerprint density at radius 2 is 1.53 bits per heavy atom. The van der Waals surface area contributed by atoms with Crippen molar-refractivity contribution in [2.45, 2.75) is 69.4 Å². The molecule has 0 bridgehead atoms. The minimum Gasteiger partial charge on any atom is -0.349 e. The lowest BCUT2D eigenvalue weighted by Crippen LogP contribution is -2.57. The van der Waals surface area contributed by atoms with Crippen molar-refractivity contribution in [3.05, 3.63) is 0 Å². The summed E-state index contributed by atoms with van der Waals surface area (Å²) in [5, 5.41) is 3.17. The molecule has 1 amide bonds. The number of carbonyl (C=O) groups excluding carboxylic acids is 1. The first-order valence-corrected chi connectivity index (χ1v) is 6.16. The average molecular weight is 210 g/mol. The van der Waals surface area contributed by atoms with Crippen molar-refractivity contribution in [3.8, 4) is 0 Å². The van der Waals surface area contributed by atoms with Gasteiger partial charge in [-0.2, -0.15) is 0 Å². The summed E-state index contributed by atoms with van der Waals surface area (Å²) < 4.78 is 0. The van der Waals surface area contributed by atoms with Crippen LogP contribution >= 0.6 is 0 Å². The van der Waals surface area contributed by atoms with Crippen LogP contribution in [-0.2, 0) is 4.79 Å². The van der Waals surface area contributed by atoms with Crippen LogP contribution in [0, 0.1) is 0 Å². The molecule has 2 rings (SSSR count). The molecule has 0 heterocycles. The van der Waals surface area contributed by atoms with Crippen LogP contribution in [0.3, 0.4) is 0 Å². The Morgan fingerprint density at radius 3 is 2.07 bits per heavy atom. The van der Waals surface area contributed by atoms with E-state index in [1.54, 1.807) is 0 Å². The van der Waals surface area contributed by atoms with Gasteiger partial charge in [0, 0.05) is 5.54 Å². The van der Waals surface area contributed by atoms with E-state index in [0.29, 0.717) is 0 Å². The minimum absolute atomic E-state index is 0.0199. The summed E-state index contributed by atoms with van der Waals surface area (Å²) in [6.45, 7) is 2.15. The molecule has 0 saturated heterocycles. The van der Waals surface area contributed by atoms with Gasteiger partial charge < -0.3 is 11.1 Å². The van der Waals surface area contributed by atoms with Gasteiger partial charge in [-0.1, -0.05) is 25.7 Å². The van der Waals surface area contributed by atoms with Crippen molar-refractivity contribution in [2.75, 3.05) is 0 Å². The largest absolute Gasteiger partial charge is 0.349 e. The monoisotopic (exact) mass is 210 g/mol. The highest BCUT2D eigenvalue weighted by atomic mass is 16.2. The highest BCUT2D eigenvalue weighted by Crippen LogP contribution is 2.32. The SMILES string of the molecule is CC1(NC(=O)C2(N)CCCC2)CCCC1. The third-order valence-corrected chi connectivity index (χ3v) is 4.07. The standard InChI is InChI=1S/C12H22N2O/c1-11(6-2-3-7-11)14-10(15)12(13)8-4-5-9-12/h2-9,13H2,1H3,(H,14,15). The lowest BCUT2D eigenvalue weighted by molar-refractivity contribution is -0.128. The van der Waals surface area contributed by atoms with Crippen molar-refractivity contribution in [1.29, 1.82) is 0 Å². The lowest BCUT2D eigenvalue weighted by atomic mass is 9.94. The van der Waals surface area contributed by atoms with Crippen LogP contribution in [0.15, 0.2) is 0 Å². The second-order valence-electron chi connectivity index (χ2n) is 5.59. The number of hydrogen-bond donors (Lipinski definition) is 2. The van der Waals surface area contributed by atoms with Crippen LogP contribution in [0.1, 0.15) is 58.3 Å². The van der Waals surface area contributed by atoms with Crippen LogP contribution < -0.4 is 11.1 Å².